The minimum Gasteiger partial charge on any atom is -0.508 e. The summed E-state index contributed by atoms with van der Waals surface area (Å²) in [7, 11) is -4.05. The van der Waals surface area contributed by atoms with Crippen LogP contribution in [0.2, 0.25) is 0 Å². The van der Waals surface area contributed by atoms with Gasteiger partial charge >= 0.3 is 5.97 Å². The lowest BCUT2D eigenvalue weighted by Crippen LogP contribution is -2.29. The lowest BCUT2D eigenvalue weighted by Gasteiger charge is -2.13. The summed E-state index contributed by atoms with van der Waals surface area (Å²) >= 11 is 0. The lowest BCUT2D eigenvalue weighted by molar-refractivity contribution is 0.0696. The van der Waals surface area contributed by atoms with Gasteiger partial charge in [0.1, 0.15) is 5.75 Å². The Morgan fingerprint density at radius 1 is 0.800 bits per heavy atom. The molecule has 0 atom stereocenters. The quantitative estimate of drug-likeness (QED) is 0.617. The number of phenolic OH excluding ortho intramolecular Hbond substituents is 1. The highest BCUT2D eigenvalue weighted by Crippen LogP contribution is 2.32. The van der Waals surface area contributed by atoms with Crippen LogP contribution in [0.15, 0.2) is 76.5 Å². The zero-order valence-corrected chi connectivity index (χ0v) is 16.0. The molecule has 0 spiro atoms. The summed E-state index contributed by atoms with van der Waals surface area (Å²) in [6.07, 6.45) is 0. The maximum atomic E-state index is 12.9. The predicted octanol–water partition coefficient (Wildman–Crippen LogP) is 2.72. The number of hydrogen-bond acceptors (Lipinski definition) is 6. The van der Waals surface area contributed by atoms with Gasteiger partial charge in [0.05, 0.1) is 32.2 Å². The summed E-state index contributed by atoms with van der Waals surface area (Å²) in [4.78, 5) is 37.0. The molecule has 0 radical (unpaired) electrons. The molecule has 1 aliphatic rings. The first-order valence-electron chi connectivity index (χ1n) is 8.60. The maximum absolute atomic E-state index is 12.9. The van der Waals surface area contributed by atoms with Crippen LogP contribution in [0.3, 0.4) is 0 Å². The molecule has 3 aromatic rings. The zero-order chi connectivity index (χ0) is 21.6. The molecular weight excluding hydrogens is 410 g/mol. The first kappa shape index (κ1) is 19.3. The van der Waals surface area contributed by atoms with E-state index in [1.165, 1.54) is 48.5 Å². The molecule has 0 unspecified atom stereocenters. The lowest BCUT2D eigenvalue weighted by atomic mass is 10.1. The second-order valence-electron chi connectivity index (χ2n) is 6.51. The largest absolute Gasteiger partial charge is 0.508 e. The van der Waals surface area contributed by atoms with Crippen molar-refractivity contribution in [2.45, 2.75) is 9.79 Å². The Hall–Kier alpha value is -3.98. The Balaban J connectivity index is 1.75. The van der Waals surface area contributed by atoms with Gasteiger partial charge in [-0.2, -0.15) is 0 Å². The molecule has 1 heterocycles. The first-order valence-corrected chi connectivity index (χ1v) is 10.1. The summed E-state index contributed by atoms with van der Waals surface area (Å²) in [5.74, 6) is -2.65. The van der Waals surface area contributed by atoms with Crippen molar-refractivity contribution in [3.05, 3.63) is 83.4 Å². The number of nitrogens with zero attached hydrogens (tertiary/aromatic N) is 1. The number of carbonyl (C=O) groups is 3. The SMILES string of the molecule is O=C(O)c1ccc(S(=O)(=O)c2ccc3c(c2)C(=O)N(c2cccc(O)c2)C3=O)cc1. The Bertz CT molecular complexity index is 1330. The minimum atomic E-state index is -4.05. The Kier molecular flexibility index (Phi) is 4.39. The van der Waals surface area contributed by atoms with Crippen LogP contribution in [0, 0.1) is 0 Å². The van der Waals surface area contributed by atoms with Crippen molar-refractivity contribution in [3.8, 4) is 5.75 Å². The highest BCUT2D eigenvalue weighted by Gasteiger charge is 2.38. The molecule has 0 saturated carbocycles. The smallest absolute Gasteiger partial charge is 0.335 e. The standard InChI is InChI=1S/C21H13NO7S/c23-14-3-1-2-13(10-14)22-19(24)17-9-8-16(11-18(17)20(22)25)30(28,29)15-6-4-12(5-7-15)21(26)27/h1-11,23H,(H,26,27). The number of carboxylic acid groups (broad SMARTS) is 1. The number of anilines is 1. The molecular formula is C21H13NO7S. The minimum absolute atomic E-state index is 0.0449. The van der Waals surface area contributed by atoms with E-state index in [1.54, 1.807) is 0 Å². The summed E-state index contributed by atoms with van der Waals surface area (Å²) in [5.41, 5.74) is 0.0652. The number of rotatable bonds is 4. The van der Waals surface area contributed by atoms with E-state index >= 15 is 0 Å². The van der Waals surface area contributed by atoms with Crippen LogP contribution in [0.4, 0.5) is 5.69 Å². The van der Waals surface area contributed by atoms with Gasteiger partial charge in [0.2, 0.25) is 9.84 Å². The van der Waals surface area contributed by atoms with Gasteiger partial charge in [-0.05, 0) is 54.6 Å². The van der Waals surface area contributed by atoms with Gasteiger partial charge < -0.3 is 10.2 Å². The fourth-order valence-corrected chi connectivity index (χ4v) is 4.45. The molecule has 2 amide bonds. The number of hydrogen-bond donors (Lipinski definition) is 2. The number of aromatic carboxylic acids is 1. The molecule has 1 aliphatic heterocycles. The first-order chi connectivity index (χ1) is 14.2. The number of phenols is 1. The predicted molar refractivity (Wildman–Crippen MR) is 105 cm³/mol. The summed E-state index contributed by atoms with van der Waals surface area (Å²) in [6, 6.07) is 13.9. The number of carboxylic acids is 1. The average molecular weight is 423 g/mol. The van der Waals surface area contributed by atoms with Crippen LogP contribution >= 0.6 is 0 Å². The van der Waals surface area contributed by atoms with E-state index in [-0.39, 0.29) is 37.9 Å². The van der Waals surface area contributed by atoms with Crippen LogP contribution < -0.4 is 4.90 Å². The third kappa shape index (κ3) is 3.01. The molecule has 0 bridgehead atoms. The molecule has 3 aromatic carbocycles. The van der Waals surface area contributed by atoms with Gasteiger partial charge in [0.15, 0.2) is 0 Å². The van der Waals surface area contributed by atoms with E-state index in [9.17, 15) is 27.9 Å². The fraction of sp³-hybridized carbons (Fsp3) is 0. The van der Waals surface area contributed by atoms with Gasteiger partial charge in [-0.3, -0.25) is 9.59 Å². The molecule has 0 fully saturated rings. The molecule has 8 nitrogen and oxygen atoms in total. The second-order valence-corrected chi connectivity index (χ2v) is 8.46. The number of benzene rings is 3. The van der Waals surface area contributed by atoms with Crippen molar-refractivity contribution in [2.24, 2.45) is 0 Å². The van der Waals surface area contributed by atoms with E-state index < -0.39 is 27.6 Å². The van der Waals surface area contributed by atoms with E-state index in [4.69, 9.17) is 5.11 Å². The van der Waals surface area contributed by atoms with E-state index in [1.807, 2.05) is 0 Å². The van der Waals surface area contributed by atoms with Crippen molar-refractivity contribution in [2.75, 3.05) is 4.90 Å². The molecule has 4 rings (SSSR count). The van der Waals surface area contributed by atoms with Crippen LogP contribution in [-0.4, -0.2) is 36.4 Å². The van der Waals surface area contributed by atoms with Crippen molar-refractivity contribution in [3.63, 3.8) is 0 Å². The van der Waals surface area contributed by atoms with Gasteiger partial charge in [-0.1, -0.05) is 6.07 Å². The van der Waals surface area contributed by atoms with Crippen molar-refractivity contribution < 1.29 is 33.0 Å². The summed E-state index contributed by atoms with van der Waals surface area (Å²) < 4.78 is 25.8. The molecule has 0 aromatic heterocycles. The van der Waals surface area contributed by atoms with Gasteiger partial charge in [0, 0.05) is 6.07 Å². The maximum Gasteiger partial charge on any atom is 0.335 e. The highest BCUT2D eigenvalue weighted by molar-refractivity contribution is 7.91. The molecule has 30 heavy (non-hydrogen) atoms. The molecule has 9 heteroatoms. The van der Waals surface area contributed by atoms with E-state index in [2.05, 4.69) is 0 Å². The van der Waals surface area contributed by atoms with Crippen molar-refractivity contribution in [1.29, 1.82) is 0 Å². The van der Waals surface area contributed by atoms with Crippen LogP contribution in [0.25, 0.3) is 0 Å². The summed E-state index contributed by atoms with van der Waals surface area (Å²) in [5, 5.41) is 18.6. The van der Waals surface area contributed by atoms with Crippen LogP contribution in [0.1, 0.15) is 31.1 Å². The van der Waals surface area contributed by atoms with Crippen molar-refractivity contribution in [1.82, 2.24) is 0 Å². The van der Waals surface area contributed by atoms with Crippen LogP contribution in [-0.2, 0) is 9.84 Å². The van der Waals surface area contributed by atoms with Gasteiger partial charge in [0.25, 0.3) is 11.8 Å². The Morgan fingerprint density at radius 2 is 1.43 bits per heavy atom. The molecule has 2 N–H and O–H groups in total. The highest BCUT2D eigenvalue weighted by atomic mass is 32.2. The van der Waals surface area contributed by atoms with Gasteiger partial charge in [-0.25, -0.2) is 18.1 Å². The molecule has 0 aliphatic carbocycles. The molecule has 150 valence electrons. The second kappa shape index (κ2) is 6.82. The zero-order valence-electron chi connectivity index (χ0n) is 15.1. The number of sulfone groups is 1. The number of amides is 2. The number of fused-ring (bicyclic) bond motifs is 1. The number of aromatic hydroxyl groups is 1. The van der Waals surface area contributed by atoms with Crippen molar-refractivity contribution >= 4 is 33.3 Å². The Labute approximate surface area is 170 Å². The monoisotopic (exact) mass is 423 g/mol. The third-order valence-electron chi connectivity index (χ3n) is 4.67. The average Bonchev–Trinajstić information content (AvgIpc) is 2.98. The topological polar surface area (TPSA) is 129 Å². The number of carbonyl (C=O) groups excluding carboxylic acids is 2. The third-order valence-corrected chi connectivity index (χ3v) is 6.44. The van der Waals surface area contributed by atoms with E-state index in [0.717, 1.165) is 23.1 Å². The van der Waals surface area contributed by atoms with Crippen LogP contribution in [0.5, 0.6) is 5.75 Å². The molecule has 0 saturated heterocycles. The normalized spacial score (nSPS) is 13.4. The number of imide groups is 1. The Morgan fingerprint density at radius 3 is 2.07 bits per heavy atom. The summed E-state index contributed by atoms with van der Waals surface area (Å²) in [6.45, 7) is 0. The van der Waals surface area contributed by atoms with Gasteiger partial charge in [-0.15, -0.1) is 0 Å². The fourth-order valence-electron chi connectivity index (χ4n) is 3.17. The van der Waals surface area contributed by atoms with E-state index in [0.29, 0.717) is 0 Å².